The molecule has 0 aliphatic carbocycles. The topological polar surface area (TPSA) is 104 Å². The number of aliphatic hydroxyl groups is 1. The lowest BCUT2D eigenvalue weighted by Crippen LogP contribution is -2.29. The van der Waals surface area contributed by atoms with Crippen molar-refractivity contribution in [3.8, 4) is 11.8 Å². The van der Waals surface area contributed by atoms with Gasteiger partial charge in [0.25, 0.3) is 11.7 Å². The van der Waals surface area contributed by atoms with Crippen molar-refractivity contribution >= 4 is 46.3 Å². The molecular weight excluding hydrogens is 465 g/mol. The normalized spacial score (nSPS) is 17.2. The lowest BCUT2D eigenvalue weighted by Gasteiger charge is -2.24. The first-order chi connectivity index (χ1) is 15.9. The third-order valence-electron chi connectivity index (χ3n) is 5.16. The highest BCUT2D eigenvalue weighted by Gasteiger charge is 2.47. The lowest BCUT2D eigenvalue weighted by atomic mass is 9.98. The maximum Gasteiger partial charge on any atom is 0.300 e. The van der Waals surface area contributed by atoms with Crippen LogP contribution >= 0.6 is 23.2 Å². The number of methoxy groups -OCH3 is 1. The molecule has 1 aliphatic heterocycles. The van der Waals surface area contributed by atoms with Crippen LogP contribution < -0.4 is 9.64 Å². The average molecular weight is 480 g/mol. The van der Waals surface area contributed by atoms with Crippen LogP contribution in [0.3, 0.4) is 0 Å². The van der Waals surface area contributed by atoms with E-state index in [1.165, 1.54) is 42.5 Å². The summed E-state index contributed by atoms with van der Waals surface area (Å²) in [5.41, 5.74) is 1.11. The molecule has 164 valence electrons. The van der Waals surface area contributed by atoms with E-state index in [0.717, 1.165) is 0 Å². The quantitative estimate of drug-likeness (QED) is 0.324. The molecule has 0 bridgehead atoms. The van der Waals surface area contributed by atoms with E-state index in [0.29, 0.717) is 16.9 Å². The molecule has 4 rings (SSSR count). The van der Waals surface area contributed by atoms with Crippen molar-refractivity contribution in [1.29, 1.82) is 5.26 Å². The second kappa shape index (κ2) is 8.94. The summed E-state index contributed by atoms with van der Waals surface area (Å²) in [7, 11) is 1.40. The standard InChI is InChI=1S/C24H15Cl2N3O4/c1-33-23-16(25)10-14(11-17(23)26)21(30)19-20(18-4-2-3-9-28-18)29(24(32)22(19)31)15-7-5-13(12-27)6-8-15/h2-11,20,30H,1H3/b21-19+. The van der Waals surface area contributed by atoms with Gasteiger partial charge in [0.15, 0.2) is 5.75 Å². The molecule has 1 N–H and O–H groups in total. The molecule has 2 aromatic carbocycles. The van der Waals surface area contributed by atoms with Gasteiger partial charge in [0.05, 0.1) is 40.1 Å². The molecule has 0 spiro atoms. The van der Waals surface area contributed by atoms with Gasteiger partial charge in [-0.3, -0.25) is 19.5 Å². The van der Waals surface area contributed by atoms with Crippen LogP contribution in [0.1, 0.15) is 22.9 Å². The highest BCUT2D eigenvalue weighted by molar-refractivity contribution is 6.51. The van der Waals surface area contributed by atoms with Gasteiger partial charge in [0, 0.05) is 17.4 Å². The van der Waals surface area contributed by atoms with E-state index in [1.807, 2.05) is 6.07 Å². The summed E-state index contributed by atoms with van der Waals surface area (Å²) < 4.78 is 5.13. The number of pyridine rings is 1. The lowest BCUT2D eigenvalue weighted by molar-refractivity contribution is -0.132. The van der Waals surface area contributed by atoms with Gasteiger partial charge in [-0.05, 0) is 48.5 Å². The Balaban J connectivity index is 1.94. The van der Waals surface area contributed by atoms with Gasteiger partial charge >= 0.3 is 0 Å². The van der Waals surface area contributed by atoms with Crippen LogP contribution in [0.2, 0.25) is 10.0 Å². The molecule has 1 saturated heterocycles. The number of amides is 1. The highest BCUT2D eigenvalue weighted by Crippen LogP contribution is 2.43. The van der Waals surface area contributed by atoms with Crippen molar-refractivity contribution in [2.45, 2.75) is 6.04 Å². The van der Waals surface area contributed by atoms with E-state index in [4.69, 9.17) is 33.2 Å². The number of anilines is 1. The Morgan fingerprint density at radius 2 is 1.79 bits per heavy atom. The molecule has 1 amide bonds. The molecule has 1 aliphatic rings. The summed E-state index contributed by atoms with van der Waals surface area (Å²) in [6, 6.07) is 15.0. The summed E-state index contributed by atoms with van der Waals surface area (Å²) >= 11 is 12.4. The van der Waals surface area contributed by atoms with Crippen molar-refractivity contribution < 1.29 is 19.4 Å². The van der Waals surface area contributed by atoms with Crippen LogP contribution in [0.15, 0.2) is 66.4 Å². The summed E-state index contributed by atoms with van der Waals surface area (Å²) in [6.07, 6.45) is 1.52. The molecule has 0 radical (unpaired) electrons. The Kier molecular flexibility index (Phi) is 6.05. The molecule has 1 fully saturated rings. The Hall–Kier alpha value is -3.86. The van der Waals surface area contributed by atoms with Crippen LogP contribution in [-0.4, -0.2) is 28.9 Å². The number of Topliss-reactive ketones (excluding diaryl/α,β-unsaturated/α-hetero) is 1. The van der Waals surface area contributed by atoms with Crippen LogP contribution in [-0.2, 0) is 9.59 Å². The van der Waals surface area contributed by atoms with Crippen LogP contribution in [0, 0.1) is 11.3 Å². The first-order valence-electron chi connectivity index (χ1n) is 9.63. The summed E-state index contributed by atoms with van der Waals surface area (Å²) in [6.45, 7) is 0. The SMILES string of the molecule is COc1c(Cl)cc(/C(O)=C2\C(=O)C(=O)N(c3ccc(C#N)cc3)C2c2ccccn2)cc1Cl. The number of nitriles is 1. The Bertz CT molecular complexity index is 1310. The Labute approximate surface area is 199 Å². The zero-order valence-corrected chi connectivity index (χ0v) is 18.6. The predicted molar refractivity (Wildman–Crippen MR) is 123 cm³/mol. The molecule has 7 nitrogen and oxygen atoms in total. The maximum absolute atomic E-state index is 13.1. The number of carbonyl (C=O) groups is 2. The number of carbonyl (C=O) groups excluding carboxylic acids is 2. The van der Waals surface area contributed by atoms with Crippen molar-refractivity contribution in [3.05, 3.63) is 93.2 Å². The largest absolute Gasteiger partial charge is 0.507 e. The smallest absolute Gasteiger partial charge is 0.300 e. The number of rotatable bonds is 4. The fraction of sp³-hybridized carbons (Fsp3) is 0.0833. The first-order valence-corrected chi connectivity index (χ1v) is 10.4. The third-order valence-corrected chi connectivity index (χ3v) is 5.72. The van der Waals surface area contributed by atoms with Gasteiger partial charge in [0.1, 0.15) is 11.8 Å². The number of benzene rings is 2. The van der Waals surface area contributed by atoms with E-state index < -0.39 is 23.5 Å². The van der Waals surface area contributed by atoms with Gasteiger partial charge in [-0.15, -0.1) is 0 Å². The van der Waals surface area contributed by atoms with Crippen molar-refractivity contribution in [3.63, 3.8) is 0 Å². The Morgan fingerprint density at radius 1 is 1.12 bits per heavy atom. The average Bonchev–Trinajstić information content (AvgIpc) is 3.09. The van der Waals surface area contributed by atoms with E-state index in [9.17, 15) is 14.7 Å². The number of hydrogen-bond donors (Lipinski definition) is 1. The number of ether oxygens (including phenoxy) is 1. The van der Waals surface area contributed by atoms with Gasteiger partial charge in [-0.2, -0.15) is 5.26 Å². The second-order valence-electron chi connectivity index (χ2n) is 7.06. The summed E-state index contributed by atoms with van der Waals surface area (Å²) in [4.78, 5) is 31.8. The zero-order valence-electron chi connectivity index (χ0n) is 17.1. The second-order valence-corrected chi connectivity index (χ2v) is 7.87. The first kappa shape index (κ1) is 22.3. The maximum atomic E-state index is 13.1. The van der Waals surface area contributed by atoms with E-state index in [-0.39, 0.29) is 26.9 Å². The van der Waals surface area contributed by atoms with Crippen LogP contribution in [0.4, 0.5) is 5.69 Å². The number of ketones is 1. The van der Waals surface area contributed by atoms with Gasteiger partial charge in [-0.25, -0.2) is 0 Å². The fourth-order valence-electron chi connectivity index (χ4n) is 3.66. The van der Waals surface area contributed by atoms with E-state index in [2.05, 4.69) is 4.98 Å². The summed E-state index contributed by atoms with van der Waals surface area (Å²) in [5, 5.41) is 20.5. The minimum absolute atomic E-state index is 0.127. The number of aromatic nitrogens is 1. The van der Waals surface area contributed by atoms with Gasteiger partial charge < -0.3 is 9.84 Å². The van der Waals surface area contributed by atoms with E-state index in [1.54, 1.807) is 30.3 Å². The van der Waals surface area contributed by atoms with Crippen molar-refractivity contribution in [2.75, 3.05) is 12.0 Å². The number of hydrogen-bond acceptors (Lipinski definition) is 6. The van der Waals surface area contributed by atoms with Gasteiger partial charge in [0.2, 0.25) is 0 Å². The zero-order chi connectivity index (χ0) is 23.7. The monoisotopic (exact) mass is 479 g/mol. The number of halogens is 2. The molecule has 33 heavy (non-hydrogen) atoms. The molecule has 0 saturated carbocycles. The highest BCUT2D eigenvalue weighted by atomic mass is 35.5. The minimum Gasteiger partial charge on any atom is -0.507 e. The third kappa shape index (κ3) is 3.91. The molecule has 1 atom stereocenters. The molecule has 1 unspecified atom stereocenters. The molecular formula is C24H15Cl2N3O4. The van der Waals surface area contributed by atoms with Crippen LogP contribution in [0.5, 0.6) is 5.75 Å². The minimum atomic E-state index is -1.02. The molecule has 9 heteroatoms. The summed E-state index contributed by atoms with van der Waals surface area (Å²) in [5.74, 6) is -1.97. The molecule has 3 aromatic rings. The Morgan fingerprint density at radius 3 is 2.33 bits per heavy atom. The van der Waals surface area contributed by atoms with E-state index >= 15 is 0 Å². The molecule has 1 aromatic heterocycles. The number of nitrogens with zero attached hydrogens (tertiary/aromatic N) is 3. The number of aliphatic hydroxyl groups excluding tert-OH is 1. The fourth-order valence-corrected chi connectivity index (χ4v) is 4.30. The molecule has 2 heterocycles. The van der Waals surface area contributed by atoms with Crippen LogP contribution in [0.25, 0.3) is 5.76 Å². The van der Waals surface area contributed by atoms with Gasteiger partial charge in [-0.1, -0.05) is 29.3 Å². The predicted octanol–water partition coefficient (Wildman–Crippen LogP) is 4.89. The van der Waals surface area contributed by atoms with Crippen molar-refractivity contribution in [2.24, 2.45) is 0 Å². The van der Waals surface area contributed by atoms with Crippen molar-refractivity contribution in [1.82, 2.24) is 4.98 Å².